The Hall–Kier alpha value is -0.0200. The van der Waals surface area contributed by atoms with Crippen LogP contribution in [0.1, 0.15) is 71.1 Å². The largest absolute Gasteiger partial charge is 0.323 e. The molecule has 0 saturated heterocycles. The van der Waals surface area contributed by atoms with Crippen LogP contribution >= 0.6 is 11.8 Å². The number of unbranched alkanes of at least 4 members (excludes halogenated alkanes) is 9. The van der Waals surface area contributed by atoms with Crippen LogP contribution in [0.4, 0.5) is 0 Å². The van der Waals surface area contributed by atoms with Crippen molar-refractivity contribution in [1.82, 2.24) is 0 Å². The molecule has 0 aliphatic carbocycles. The first kappa shape index (κ1) is 17.0. The molecule has 0 spiro atoms. The van der Waals surface area contributed by atoms with E-state index in [1.165, 1.54) is 69.5 Å². The molecule has 0 bridgehead atoms. The van der Waals surface area contributed by atoms with Crippen molar-refractivity contribution >= 4 is 16.9 Å². The van der Waals surface area contributed by atoms with E-state index in [0.29, 0.717) is 0 Å². The maximum atomic E-state index is 10.9. The van der Waals surface area contributed by atoms with Gasteiger partial charge in [-0.1, -0.05) is 76.5 Å². The Morgan fingerprint density at radius 1 is 0.882 bits per heavy atom. The number of hydrogen-bond acceptors (Lipinski definition) is 3. The molecule has 0 aromatic rings. The third-order valence-electron chi connectivity index (χ3n) is 2.93. The van der Waals surface area contributed by atoms with Gasteiger partial charge in [0.05, 0.1) is 6.54 Å². The van der Waals surface area contributed by atoms with Crippen molar-refractivity contribution in [3.05, 3.63) is 0 Å². The average molecular weight is 259 g/mol. The van der Waals surface area contributed by atoms with Gasteiger partial charge in [-0.25, -0.2) is 0 Å². The van der Waals surface area contributed by atoms with Crippen LogP contribution in [0, 0.1) is 0 Å². The van der Waals surface area contributed by atoms with Gasteiger partial charge >= 0.3 is 0 Å². The standard InChI is InChI=1S/C14H29NOS/c1-2-3-4-5-6-7-8-9-10-11-12-17-14(16)13-15/h2-13,15H2,1H3. The highest BCUT2D eigenvalue weighted by Gasteiger charge is 1.98. The molecular formula is C14H29NOS. The van der Waals surface area contributed by atoms with Crippen molar-refractivity contribution < 1.29 is 4.79 Å². The minimum absolute atomic E-state index is 0.126. The molecule has 0 saturated carbocycles. The molecule has 0 radical (unpaired) electrons. The van der Waals surface area contributed by atoms with Gasteiger partial charge in [-0.15, -0.1) is 0 Å². The predicted octanol–water partition coefficient (Wildman–Crippen LogP) is 4.13. The van der Waals surface area contributed by atoms with E-state index in [-0.39, 0.29) is 11.7 Å². The Balaban J connectivity index is 2.96. The molecule has 0 aromatic heterocycles. The summed E-state index contributed by atoms with van der Waals surface area (Å²) in [5.41, 5.74) is 5.23. The van der Waals surface area contributed by atoms with Crippen LogP contribution in [-0.4, -0.2) is 17.4 Å². The first-order valence-corrected chi connectivity index (χ1v) is 8.15. The maximum Gasteiger partial charge on any atom is 0.202 e. The van der Waals surface area contributed by atoms with E-state index in [2.05, 4.69) is 6.92 Å². The van der Waals surface area contributed by atoms with Crippen LogP contribution in [0.5, 0.6) is 0 Å². The molecule has 0 heterocycles. The zero-order valence-electron chi connectivity index (χ0n) is 11.4. The van der Waals surface area contributed by atoms with Crippen molar-refractivity contribution in [2.75, 3.05) is 12.3 Å². The third kappa shape index (κ3) is 13.9. The van der Waals surface area contributed by atoms with Gasteiger partial charge in [0.25, 0.3) is 0 Å². The van der Waals surface area contributed by atoms with Crippen LogP contribution < -0.4 is 5.73 Å². The van der Waals surface area contributed by atoms with Gasteiger partial charge in [-0.3, -0.25) is 4.79 Å². The zero-order valence-corrected chi connectivity index (χ0v) is 12.2. The Morgan fingerprint density at radius 2 is 1.35 bits per heavy atom. The summed E-state index contributed by atoms with van der Waals surface area (Å²) < 4.78 is 0. The van der Waals surface area contributed by atoms with E-state index in [9.17, 15) is 4.79 Å². The monoisotopic (exact) mass is 259 g/mol. The summed E-state index contributed by atoms with van der Waals surface area (Å²) in [7, 11) is 0. The number of nitrogens with two attached hydrogens (primary N) is 1. The molecule has 3 heteroatoms. The Morgan fingerprint density at radius 3 is 1.82 bits per heavy atom. The number of thioether (sulfide) groups is 1. The Bertz CT molecular complexity index is 174. The summed E-state index contributed by atoms with van der Waals surface area (Å²) in [4.78, 5) is 10.9. The quantitative estimate of drug-likeness (QED) is 0.536. The highest BCUT2D eigenvalue weighted by Crippen LogP contribution is 2.12. The highest BCUT2D eigenvalue weighted by atomic mass is 32.2. The second-order valence-electron chi connectivity index (χ2n) is 4.61. The van der Waals surface area contributed by atoms with Crippen molar-refractivity contribution in [1.29, 1.82) is 0 Å². The first-order chi connectivity index (χ1) is 8.31. The lowest BCUT2D eigenvalue weighted by Crippen LogP contribution is -2.09. The van der Waals surface area contributed by atoms with E-state index >= 15 is 0 Å². The van der Waals surface area contributed by atoms with Crippen LogP contribution in [0.25, 0.3) is 0 Å². The SMILES string of the molecule is CCCCCCCCCCCCSC(=O)CN. The number of carbonyl (C=O) groups is 1. The van der Waals surface area contributed by atoms with E-state index in [4.69, 9.17) is 5.73 Å². The van der Waals surface area contributed by atoms with Crippen LogP contribution in [-0.2, 0) is 4.79 Å². The minimum atomic E-state index is 0.126. The van der Waals surface area contributed by atoms with Crippen molar-refractivity contribution in [2.24, 2.45) is 5.73 Å². The van der Waals surface area contributed by atoms with E-state index < -0.39 is 0 Å². The van der Waals surface area contributed by atoms with Crippen molar-refractivity contribution in [3.63, 3.8) is 0 Å². The zero-order chi connectivity index (χ0) is 12.8. The van der Waals surface area contributed by atoms with Crippen LogP contribution in [0.3, 0.4) is 0 Å². The highest BCUT2D eigenvalue weighted by molar-refractivity contribution is 8.13. The molecule has 102 valence electrons. The fourth-order valence-corrected chi connectivity index (χ4v) is 2.53. The summed E-state index contributed by atoms with van der Waals surface area (Å²) in [5.74, 6) is 0.951. The van der Waals surface area contributed by atoms with E-state index in [0.717, 1.165) is 12.2 Å². The number of carbonyl (C=O) groups excluding carboxylic acids is 1. The minimum Gasteiger partial charge on any atom is -0.323 e. The molecule has 0 amide bonds. The lowest BCUT2D eigenvalue weighted by Gasteiger charge is -2.02. The molecule has 0 aromatic carbocycles. The smallest absolute Gasteiger partial charge is 0.202 e. The van der Waals surface area contributed by atoms with Gasteiger partial charge in [0, 0.05) is 5.75 Å². The average Bonchev–Trinajstić information content (AvgIpc) is 2.35. The van der Waals surface area contributed by atoms with E-state index in [1.807, 2.05) is 0 Å². The van der Waals surface area contributed by atoms with Gasteiger partial charge in [0.15, 0.2) is 0 Å². The fourth-order valence-electron chi connectivity index (χ4n) is 1.83. The molecular weight excluding hydrogens is 230 g/mol. The fraction of sp³-hybridized carbons (Fsp3) is 0.929. The molecule has 2 nitrogen and oxygen atoms in total. The topological polar surface area (TPSA) is 43.1 Å². The number of hydrogen-bond donors (Lipinski definition) is 1. The lowest BCUT2D eigenvalue weighted by atomic mass is 10.1. The Kier molecular flexibility index (Phi) is 14.0. The normalized spacial score (nSPS) is 10.7. The molecule has 0 rings (SSSR count). The summed E-state index contributed by atoms with van der Waals surface area (Å²) in [6.07, 6.45) is 13.5. The summed E-state index contributed by atoms with van der Waals surface area (Å²) in [6.45, 7) is 2.44. The summed E-state index contributed by atoms with van der Waals surface area (Å²) in [5, 5.41) is 0.126. The van der Waals surface area contributed by atoms with Gasteiger partial charge in [-0.2, -0.15) is 0 Å². The first-order valence-electron chi connectivity index (χ1n) is 7.17. The molecule has 0 atom stereocenters. The molecule has 0 aliphatic heterocycles. The Labute approximate surface area is 111 Å². The molecule has 0 unspecified atom stereocenters. The van der Waals surface area contributed by atoms with Gasteiger partial charge < -0.3 is 5.73 Å². The second kappa shape index (κ2) is 14.0. The third-order valence-corrected chi connectivity index (χ3v) is 3.91. The van der Waals surface area contributed by atoms with Crippen LogP contribution in [0.2, 0.25) is 0 Å². The van der Waals surface area contributed by atoms with Gasteiger partial charge in [0.1, 0.15) is 0 Å². The molecule has 0 fully saturated rings. The van der Waals surface area contributed by atoms with Crippen LogP contribution in [0.15, 0.2) is 0 Å². The van der Waals surface area contributed by atoms with Crippen molar-refractivity contribution in [2.45, 2.75) is 71.1 Å². The molecule has 0 aliphatic rings. The van der Waals surface area contributed by atoms with Gasteiger partial charge in [0.2, 0.25) is 5.12 Å². The molecule has 17 heavy (non-hydrogen) atoms. The summed E-state index contributed by atoms with van der Waals surface area (Å²) in [6, 6.07) is 0. The van der Waals surface area contributed by atoms with E-state index in [1.54, 1.807) is 0 Å². The molecule has 2 N–H and O–H groups in total. The predicted molar refractivity (Wildman–Crippen MR) is 78.4 cm³/mol. The number of rotatable bonds is 12. The van der Waals surface area contributed by atoms with Gasteiger partial charge in [-0.05, 0) is 6.42 Å². The lowest BCUT2D eigenvalue weighted by molar-refractivity contribution is -0.109. The second-order valence-corrected chi connectivity index (χ2v) is 5.76. The summed E-state index contributed by atoms with van der Waals surface area (Å²) >= 11 is 1.39. The maximum absolute atomic E-state index is 10.9. The van der Waals surface area contributed by atoms with Crippen molar-refractivity contribution in [3.8, 4) is 0 Å².